The second-order valence-corrected chi connectivity index (χ2v) is 8.79. The Balaban J connectivity index is 1.29. The Kier molecular flexibility index (Phi) is 7.69. The molecule has 0 aliphatic carbocycles. The van der Waals surface area contributed by atoms with Crippen molar-refractivity contribution in [2.45, 2.75) is 18.0 Å². The molecule has 0 radical (unpaired) electrons. The van der Waals surface area contributed by atoms with Crippen LogP contribution >= 0.6 is 11.8 Å². The van der Waals surface area contributed by atoms with Crippen molar-refractivity contribution in [3.63, 3.8) is 0 Å². The molecule has 0 atom stereocenters. The third kappa shape index (κ3) is 5.51. The molecule has 0 saturated carbocycles. The highest BCUT2D eigenvalue weighted by Gasteiger charge is 2.13. The lowest BCUT2D eigenvalue weighted by Crippen LogP contribution is -2.27. The molecule has 0 bridgehead atoms. The second kappa shape index (κ2) is 11.1. The number of carbonyl (C=O) groups is 1. The average Bonchev–Trinajstić information content (AvgIpc) is 3.21. The minimum Gasteiger partial charge on any atom is -0.493 e. The number of amides is 1. The summed E-state index contributed by atoms with van der Waals surface area (Å²) in [5.74, 6) is 2.49. The number of thioether (sulfide) groups is 1. The van der Waals surface area contributed by atoms with Crippen LogP contribution in [-0.2, 0) is 24.7 Å². The molecule has 0 unspecified atom stereocenters. The topological polar surface area (TPSA) is 78.3 Å². The van der Waals surface area contributed by atoms with Gasteiger partial charge in [-0.3, -0.25) is 4.79 Å². The van der Waals surface area contributed by atoms with Gasteiger partial charge >= 0.3 is 0 Å². The van der Waals surface area contributed by atoms with Crippen molar-refractivity contribution in [1.82, 2.24) is 20.1 Å². The van der Waals surface area contributed by atoms with Crippen LogP contribution in [-0.4, -0.2) is 47.2 Å². The summed E-state index contributed by atoms with van der Waals surface area (Å²) in [6, 6.07) is 20.4. The van der Waals surface area contributed by atoms with Gasteiger partial charge in [0, 0.05) is 20.0 Å². The smallest absolute Gasteiger partial charge is 0.230 e. The molecule has 3 aromatic carbocycles. The van der Waals surface area contributed by atoms with Crippen molar-refractivity contribution in [1.29, 1.82) is 0 Å². The molecule has 1 amide bonds. The van der Waals surface area contributed by atoms with Gasteiger partial charge in [0.15, 0.2) is 16.7 Å². The molecular weight excluding hydrogens is 448 g/mol. The number of hydrogen-bond acceptors (Lipinski definition) is 6. The van der Waals surface area contributed by atoms with E-state index in [9.17, 15) is 4.79 Å². The van der Waals surface area contributed by atoms with Gasteiger partial charge in [0.2, 0.25) is 5.91 Å². The summed E-state index contributed by atoms with van der Waals surface area (Å²) in [6.45, 7) is 0.542. The maximum atomic E-state index is 12.4. The summed E-state index contributed by atoms with van der Waals surface area (Å²) < 4.78 is 12.6. The summed E-state index contributed by atoms with van der Waals surface area (Å²) in [5, 5.41) is 14.8. The van der Waals surface area contributed by atoms with E-state index in [2.05, 4.69) is 45.8 Å². The number of fused-ring (bicyclic) bond motifs is 1. The number of ether oxygens (including phenoxy) is 2. The van der Waals surface area contributed by atoms with Gasteiger partial charge < -0.3 is 19.4 Å². The largest absolute Gasteiger partial charge is 0.493 e. The lowest BCUT2D eigenvalue weighted by atomic mass is 10.0. The van der Waals surface area contributed by atoms with Gasteiger partial charge in [0.05, 0.1) is 20.0 Å². The van der Waals surface area contributed by atoms with Crippen LogP contribution in [0.25, 0.3) is 10.8 Å². The van der Waals surface area contributed by atoms with Gasteiger partial charge in [-0.15, -0.1) is 10.2 Å². The monoisotopic (exact) mass is 476 g/mol. The van der Waals surface area contributed by atoms with Gasteiger partial charge in [-0.2, -0.15) is 0 Å². The highest BCUT2D eigenvalue weighted by Crippen LogP contribution is 2.27. The zero-order valence-corrected chi connectivity index (χ0v) is 20.4. The first kappa shape index (κ1) is 23.6. The number of benzene rings is 3. The first-order valence-electron chi connectivity index (χ1n) is 11.0. The summed E-state index contributed by atoms with van der Waals surface area (Å²) in [4.78, 5) is 12.4. The van der Waals surface area contributed by atoms with Crippen LogP contribution in [0, 0.1) is 0 Å². The highest BCUT2D eigenvalue weighted by molar-refractivity contribution is 7.99. The van der Waals surface area contributed by atoms with Crippen molar-refractivity contribution in [2.75, 3.05) is 26.5 Å². The Bertz CT molecular complexity index is 1280. The third-order valence-corrected chi connectivity index (χ3v) is 6.69. The number of methoxy groups -OCH3 is 2. The zero-order chi connectivity index (χ0) is 23.9. The minimum atomic E-state index is -0.0379. The standard InChI is InChI=1S/C26H28N4O3S/c1-30-24(16-20-9-6-8-19-7-4-5-10-21(19)20)28-29-26(30)34-17-25(31)27-14-13-18-11-12-22(32-2)23(15-18)33-3/h4-12,15H,13-14,16-17H2,1-3H3,(H,27,31). The van der Waals surface area contributed by atoms with E-state index in [1.165, 1.54) is 28.1 Å². The molecule has 0 aliphatic rings. The summed E-state index contributed by atoms with van der Waals surface area (Å²) in [5.41, 5.74) is 2.27. The fourth-order valence-electron chi connectivity index (χ4n) is 3.81. The number of nitrogens with one attached hydrogen (secondary N) is 1. The van der Waals surface area contributed by atoms with Gasteiger partial charge in [0.1, 0.15) is 5.82 Å². The zero-order valence-electron chi connectivity index (χ0n) is 19.6. The Morgan fingerprint density at radius 3 is 2.62 bits per heavy atom. The van der Waals surface area contributed by atoms with Crippen LogP contribution in [0.5, 0.6) is 11.5 Å². The molecule has 0 spiro atoms. The Labute approximate surface area is 203 Å². The van der Waals surface area contributed by atoms with Crippen LogP contribution in [0.1, 0.15) is 17.0 Å². The van der Waals surface area contributed by atoms with E-state index in [0.717, 1.165) is 16.5 Å². The molecule has 0 saturated heterocycles. The first-order chi connectivity index (χ1) is 16.6. The molecule has 4 rings (SSSR count). The minimum absolute atomic E-state index is 0.0379. The maximum absolute atomic E-state index is 12.4. The van der Waals surface area contributed by atoms with Crippen LogP contribution in [0.15, 0.2) is 65.8 Å². The van der Waals surface area contributed by atoms with Crippen molar-refractivity contribution in [3.05, 3.63) is 77.6 Å². The Morgan fingerprint density at radius 1 is 1.00 bits per heavy atom. The maximum Gasteiger partial charge on any atom is 0.230 e. The number of hydrogen-bond donors (Lipinski definition) is 1. The summed E-state index contributed by atoms with van der Waals surface area (Å²) in [7, 11) is 5.16. The third-order valence-electron chi connectivity index (χ3n) is 5.67. The average molecular weight is 477 g/mol. The van der Waals surface area contributed by atoms with Crippen molar-refractivity contribution in [3.8, 4) is 11.5 Å². The molecule has 0 fully saturated rings. The van der Waals surface area contributed by atoms with E-state index in [0.29, 0.717) is 30.9 Å². The van der Waals surface area contributed by atoms with E-state index in [1.54, 1.807) is 14.2 Å². The Hall–Kier alpha value is -3.52. The van der Waals surface area contributed by atoms with E-state index < -0.39 is 0 Å². The van der Waals surface area contributed by atoms with Crippen LogP contribution in [0.4, 0.5) is 0 Å². The fourth-order valence-corrected chi connectivity index (χ4v) is 4.57. The predicted molar refractivity (Wildman–Crippen MR) is 135 cm³/mol. The van der Waals surface area contributed by atoms with Crippen LogP contribution < -0.4 is 14.8 Å². The van der Waals surface area contributed by atoms with Gasteiger partial charge in [0.25, 0.3) is 0 Å². The SMILES string of the molecule is COc1ccc(CCNC(=O)CSc2nnc(Cc3cccc4ccccc34)n2C)cc1OC. The summed E-state index contributed by atoms with van der Waals surface area (Å²) >= 11 is 1.39. The first-order valence-corrected chi connectivity index (χ1v) is 12.0. The molecule has 1 N–H and O–H groups in total. The van der Waals surface area contributed by atoms with Crippen LogP contribution in [0.2, 0.25) is 0 Å². The highest BCUT2D eigenvalue weighted by atomic mass is 32.2. The fraction of sp³-hybridized carbons (Fsp3) is 0.269. The number of rotatable bonds is 10. The molecule has 0 aliphatic heterocycles. The van der Waals surface area contributed by atoms with E-state index >= 15 is 0 Å². The van der Waals surface area contributed by atoms with Gasteiger partial charge in [-0.1, -0.05) is 60.3 Å². The van der Waals surface area contributed by atoms with Crippen molar-refractivity contribution < 1.29 is 14.3 Å². The number of carbonyl (C=O) groups excluding carboxylic acids is 1. The number of aromatic nitrogens is 3. The molecule has 176 valence electrons. The molecule has 8 heteroatoms. The quantitative estimate of drug-likeness (QED) is 0.348. The van der Waals surface area contributed by atoms with Gasteiger partial charge in [-0.05, 0) is 40.5 Å². The second-order valence-electron chi connectivity index (χ2n) is 7.85. The van der Waals surface area contributed by atoms with Crippen LogP contribution in [0.3, 0.4) is 0 Å². The van der Waals surface area contributed by atoms with Crippen molar-refractivity contribution >= 4 is 28.4 Å². The summed E-state index contributed by atoms with van der Waals surface area (Å²) in [6.07, 6.45) is 1.39. The number of nitrogens with zero attached hydrogens (tertiary/aromatic N) is 3. The molecular formula is C26H28N4O3S. The molecule has 1 aromatic heterocycles. The van der Waals surface area contributed by atoms with E-state index in [1.807, 2.05) is 41.9 Å². The van der Waals surface area contributed by atoms with Gasteiger partial charge in [-0.25, -0.2) is 0 Å². The van der Waals surface area contributed by atoms with E-state index in [-0.39, 0.29) is 11.7 Å². The Morgan fingerprint density at radius 2 is 1.79 bits per heavy atom. The lowest BCUT2D eigenvalue weighted by molar-refractivity contribution is -0.118. The normalized spacial score (nSPS) is 10.9. The lowest BCUT2D eigenvalue weighted by Gasteiger charge is -2.10. The van der Waals surface area contributed by atoms with E-state index in [4.69, 9.17) is 9.47 Å². The predicted octanol–water partition coefficient (Wildman–Crippen LogP) is 4.03. The van der Waals surface area contributed by atoms with Crippen molar-refractivity contribution in [2.24, 2.45) is 7.05 Å². The molecule has 4 aromatic rings. The molecule has 34 heavy (non-hydrogen) atoms. The molecule has 7 nitrogen and oxygen atoms in total. The molecule has 1 heterocycles.